The highest BCUT2D eigenvalue weighted by molar-refractivity contribution is 5.91. The quantitative estimate of drug-likeness (QED) is 0.435. The van der Waals surface area contributed by atoms with Crippen LogP contribution in [0.3, 0.4) is 0 Å². The second kappa shape index (κ2) is 7.65. The molecule has 1 aromatic heterocycles. The average molecular weight is 350 g/mol. The summed E-state index contributed by atoms with van der Waals surface area (Å²) < 4.78 is 5.56. The van der Waals surface area contributed by atoms with Gasteiger partial charge in [0, 0.05) is 12.1 Å². The molecule has 132 valence electrons. The topological polar surface area (TPSA) is 82.3 Å². The van der Waals surface area contributed by atoms with Crippen molar-refractivity contribution in [2.75, 3.05) is 6.61 Å². The average Bonchev–Trinajstić information content (AvgIpc) is 2.66. The summed E-state index contributed by atoms with van der Waals surface area (Å²) in [5.41, 5.74) is 1.21. The SMILES string of the molecule is C[C@@H](NC(=O)COC(=O)c1cc[n+]([O-])cc1)c1cccc2ccccc12. The fourth-order valence-corrected chi connectivity index (χ4v) is 2.75. The minimum atomic E-state index is -0.654. The van der Waals surface area contributed by atoms with E-state index in [1.54, 1.807) is 0 Å². The van der Waals surface area contributed by atoms with Crippen LogP contribution >= 0.6 is 0 Å². The molecule has 0 fully saturated rings. The van der Waals surface area contributed by atoms with Crippen LogP contribution in [-0.4, -0.2) is 18.5 Å². The molecule has 0 spiro atoms. The molecule has 3 aromatic rings. The van der Waals surface area contributed by atoms with Gasteiger partial charge in [0.1, 0.15) is 0 Å². The summed E-state index contributed by atoms with van der Waals surface area (Å²) in [6.07, 6.45) is 2.39. The van der Waals surface area contributed by atoms with Gasteiger partial charge in [0.25, 0.3) is 5.91 Å². The van der Waals surface area contributed by atoms with Crippen LogP contribution in [0.4, 0.5) is 0 Å². The van der Waals surface area contributed by atoms with Gasteiger partial charge >= 0.3 is 5.97 Å². The van der Waals surface area contributed by atoms with Crippen LogP contribution in [0, 0.1) is 5.21 Å². The van der Waals surface area contributed by atoms with Crippen LogP contribution in [0.5, 0.6) is 0 Å². The van der Waals surface area contributed by atoms with E-state index in [0.717, 1.165) is 16.3 Å². The van der Waals surface area contributed by atoms with E-state index >= 15 is 0 Å². The first-order valence-corrected chi connectivity index (χ1v) is 8.17. The number of aromatic nitrogens is 1. The van der Waals surface area contributed by atoms with E-state index in [1.165, 1.54) is 24.5 Å². The molecule has 0 aliphatic rings. The number of nitrogens with zero attached hydrogens (tertiary/aromatic N) is 1. The fraction of sp³-hybridized carbons (Fsp3) is 0.150. The van der Waals surface area contributed by atoms with Crippen molar-refractivity contribution in [2.45, 2.75) is 13.0 Å². The molecule has 0 aliphatic heterocycles. The fourth-order valence-electron chi connectivity index (χ4n) is 2.75. The zero-order valence-electron chi connectivity index (χ0n) is 14.2. The van der Waals surface area contributed by atoms with Crippen LogP contribution in [-0.2, 0) is 9.53 Å². The molecule has 0 radical (unpaired) electrons. The van der Waals surface area contributed by atoms with Crippen molar-refractivity contribution in [3.63, 3.8) is 0 Å². The van der Waals surface area contributed by atoms with E-state index in [9.17, 15) is 14.8 Å². The van der Waals surface area contributed by atoms with Crippen LogP contribution in [0.25, 0.3) is 10.8 Å². The van der Waals surface area contributed by atoms with Crippen molar-refractivity contribution < 1.29 is 19.1 Å². The predicted molar refractivity (Wildman–Crippen MR) is 96.2 cm³/mol. The first kappa shape index (κ1) is 17.4. The van der Waals surface area contributed by atoms with Crippen molar-refractivity contribution in [1.82, 2.24) is 5.32 Å². The van der Waals surface area contributed by atoms with Crippen LogP contribution in [0.1, 0.15) is 28.9 Å². The lowest BCUT2D eigenvalue weighted by Crippen LogP contribution is -2.31. The zero-order valence-corrected chi connectivity index (χ0v) is 14.2. The molecular formula is C20H18N2O4. The standard InChI is InChI=1S/C20H18N2O4/c1-14(17-8-4-6-15-5-2-3-7-18(15)17)21-19(23)13-26-20(24)16-9-11-22(25)12-10-16/h2-12,14H,13H2,1H3,(H,21,23)/t14-/m1/s1. The molecule has 2 aromatic carbocycles. The van der Waals surface area contributed by atoms with Gasteiger partial charge in [-0.1, -0.05) is 42.5 Å². The number of ether oxygens (including phenoxy) is 1. The Hall–Kier alpha value is -3.41. The maximum absolute atomic E-state index is 12.1. The van der Waals surface area contributed by atoms with Gasteiger partial charge in [-0.05, 0) is 23.3 Å². The van der Waals surface area contributed by atoms with Gasteiger partial charge in [-0.15, -0.1) is 0 Å². The lowest BCUT2D eigenvalue weighted by Gasteiger charge is -2.16. The Morgan fingerprint density at radius 1 is 1.08 bits per heavy atom. The minimum Gasteiger partial charge on any atom is -0.619 e. The van der Waals surface area contributed by atoms with E-state index in [1.807, 2.05) is 49.4 Å². The van der Waals surface area contributed by atoms with E-state index in [0.29, 0.717) is 4.73 Å². The maximum Gasteiger partial charge on any atom is 0.339 e. The molecule has 6 nitrogen and oxygen atoms in total. The van der Waals surface area contributed by atoms with Crippen LogP contribution in [0.2, 0.25) is 0 Å². The monoisotopic (exact) mass is 350 g/mol. The number of fused-ring (bicyclic) bond motifs is 1. The molecule has 6 heteroatoms. The van der Waals surface area contributed by atoms with Gasteiger partial charge in [0.15, 0.2) is 19.0 Å². The summed E-state index contributed by atoms with van der Waals surface area (Å²) in [6, 6.07) is 16.3. The van der Waals surface area contributed by atoms with Crippen LogP contribution in [0.15, 0.2) is 67.0 Å². The highest BCUT2D eigenvalue weighted by Crippen LogP contribution is 2.23. The Morgan fingerprint density at radius 3 is 2.54 bits per heavy atom. The lowest BCUT2D eigenvalue weighted by molar-refractivity contribution is -0.605. The van der Waals surface area contributed by atoms with Crippen molar-refractivity contribution in [3.8, 4) is 0 Å². The zero-order chi connectivity index (χ0) is 18.5. The molecule has 26 heavy (non-hydrogen) atoms. The van der Waals surface area contributed by atoms with Gasteiger partial charge in [-0.2, -0.15) is 4.73 Å². The van der Waals surface area contributed by atoms with Gasteiger partial charge in [0.2, 0.25) is 0 Å². The molecule has 1 atom stereocenters. The van der Waals surface area contributed by atoms with Gasteiger partial charge < -0.3 is 15.3 Å². The molecule has 3 rings (SSSR count). The third-order valence-electron chi connectivity index (χ3n) is 4.04. The Balaban J connectivity index is 1.60. The lowest BCUT2D eigenvalue weighted by atomic mass is 10.00. The maximum atomic E-state index is 12.1. The number of carbonyl (C=O) groups excluding carboxylic acids is 2. The van der Waals surface area contributed by atoms with E-state index in [4.69, 9.17) is 4.74 Å². The molecule has 0 unspecified atom stereocenters. The van der Waals surface area contributed by atoms with E-state index < -0.39 is 11.9 Å². The number of hydrogen-bond donors (Lipinski definition) is 1. The normalized spacial score (nSPS) is 11.7. The molecule has 0 saturated carbocycles. The number of benzene rings is 2. The number of nitrogens with one attached hydrogen (secondary N) is 1. The summed E-state index contributed by atoms with van der Waals surface area (Å²) in [4.78, 5) is 24.0. The molecule has 1 N–H and O–H groups in total. The second-order valence-corrected chi connectivity index (χ2v) is 5.88. The van der Waals surface area contributed by atoms with Crippen molar-refractivity contribution >= 4 is 22.6 Å². The van der Waals surface area contributed by atoms with Gasteiger partial charge in [0.05, 0.1) is 11.6 Å². The third-order valence-corrected chi connectivity index (χ3v) is 4.04. The summed E-state index contributed by atoms with van der Waals surface area (Å²) in [7, 11) is 0. The summed E-state index contributed by atoms with van der Waals surface area (Å²) in [6.45, 7) is 1.49. The molecule has 1 amide bonds. The largest absolute Gasteiger partial charge is 0.619 e. The van der Waals surface area contributed by atoms with E-state index in [2.05, 4.69) is 5.32 Å². The number of carbonyl (C=O) groups is 2. The minimum absolute atomic E-state index is 0.215. The highest BCUT2D eigenvalue weighted by Gasteiger charge is 2.15. The van der Waals surface area contributed by atoms with Gasteiger partial charge in [-0.25, -0.2) is 4.79 Å². The van der Waals surface area contributed by atoms with E-state index in [-0.39, 0.29) is 18.2 Å². The number of pyridine rings is 1. The molecule has 0 bridgehead atoms. The summed E-state index contributed by atoms with van der Waals surface area (Å²) in [5, 5.41) is 16.0. The first-order valence-electron chi connectivity index (χ1n) is 8.17. The molecule has 1 heterocycles. The summed E-state index contributed by atoms with van der Waals surface area (Å²) in [5.74, 6) is -1.05. The highest BCUT2D eigenvalue weighted by atomic mass is 16.5. The Kier molecular flexibility index (Phi) is 5.12. The Morgan fingerprint density at radius 2 is 1.77 bits per heavy atom. The van der Waals surface area contributed by atoms with Crippen molar-refractivity contribution in [1.29, 1.82) is 0 Å². The Bertz CT molecular complexity index is 933. The second-order valence-electron chi connectivity index (χ2n) is 5.88. The number of hydrogen-bond acceptors (Lipinski definition) is 4. The number of rotatable bonds is 5. The van der Waals surface area contributed by atoms with Crippen LogP contribution < -0.4 is 10.0 Å². The number of amides is 1. The third kappa shape index (κ3) is 3.97. The molecular weight excluding hydrogens is 332 g/mol. The first-order chi connectivity index (χ1) is 12.5. The Labute approximate surface area is 150 Å². The molecule has 0 saturated heterocycles. The summed E-state index contributed by atoms with van der Waals surface area (Å²) >= 11 is 0. The predicted octanol–water partition coefficient (Wildman–Crippen LogP) is 2.51. The number of esters is 1. The van der Waals surface area contributed by atoms with Crippen molar-refractivity contribution in [3.05, 3.63) is 83.3 Å². The van der Waals surface area contributed by atoms with Gasteiger partial charge in [-0.3, -0.25) is 4.79 Å². The van der Waals surface area contributed by atoms with Crippen molar-refractivity contribution in [2.24, 2.45) is 0 Å². The molecule has 0 aliphatic carbocycles. The smallest absolute Gasteiger partial charge is 0.339 e.